The number of likely N-dealkylation sites (tertiary alicyclic amines) is 1. The van der Waals surface area contributed by atoms with Crippen LogP contribution in [0, 0.1) is 17.7 Å². The van der Waals surface area contributed by atoms with Crippen LogP contribution in [0.15, 0.2) is 24.3 Å². The Bertz CT molecular complexity index is 722. The van der Waals surface area contributed by atoms with Crippen LogP contribution in [-0.2, 0) is 19.1 Å². The number of methoxy groups -OCH3 is 1. The summed E-state index contributed by atoms with van der Waals surface area (Å²) in [5.74, 6) is -3.43. The van der Waals surface area contributed by atoms with Crippen LogP contribution in [0.5, 0.6) is 0 Å². The molecule has 2 fully saturated rings. The van der Waals surface area contributed by atoms with Gasteiger partial charge < -0.3 is 10.1 Å². The number of amides is 2. The second kappa shape index (κ2) is 5.66. The standard InChI is InChI=1S/C17H19FN2O4/c1-4-20-14(21)11-12(15(20)22)17(2,16(23)24-3)19-13(11)9-7-5-6-8-10(9)18/h5-8,11-13,19H,4H2,1-3H3/p+1/t11-,12+,13+,17-/m1/s1. The molecule has 3 rings (SSSR count). The molecule has 0 saturated carbocycles. The van der Waals surface area contributed by atoms with E-state index in [0.29, 0.717) is 5.56 Å². The molecule has 2 saturated heterocycles. The smallest absolute Gasteiger partial charge is 0.368 e. The van der Waals surface area contributed by atoms with Crippen LogP contribution in [0.1, 0.15) is 25.5 Å². The molecule has 0 spiro atoms. The summed E-state index contributed by atoms with van der Waals surface area (Å²) in [5.41, 5.74) is -0.942. The minimum atomic E-state index is -1.26. The normalized spacial score (nSPS) is 32.2. The van der Waals surface area contributed by atoms with Crippen molar-refractivity contribution in [3.63, 3.8) is 0 Å². The van der Waals surface area contributed by atoms with Crippen LogP contribution in [0.3, 0.4) is 0 Å². The molecule has 2 N–H and O–H groups in total. The Morgan fingerprint density at radius 1 is 1.33 bits per heavy atom. The first kappa shape index (κ1) is 16.6. The molecule has 24 heavy (non-hydrogen) atoms. The molecule has 0 radical (unpaired) electrons. The predicted octanol–water partition coefficient (Wildman–Crippen LogP) is -0.00340. The van der Waals surface area contributed by atoms with Crippen LogP contribution in [0.2, 0.25) is 0 Å². The van der Waals surface area contributed by atoms with Gasteiger partial charge >= 0.3 is 5.97 Å². The van der Waals surface area contributed by atoms with Crippen molar-refractivity contribution >= 4 is 17.8 Å². The van der Waals surface area contributed by atoms with Crippen molar-refractivity contribution in [3.8, 4) is 0 Å². The zero-order chi connectivity index (χ0) is 17.6. The van der Waals surface area contributed by atoms with Crippen molar-refractivity contribution in [2.24, 2.45) is 11.8 Å². The van der Waals surface area contributed by atoms with E-state index in [1.54, 1.807) is 37.4 Å². The molecule has 0 unspecified atom stereocenters. The van der Waals surface area contributed by atoms with E-state index in [0.717, 1.165) is 4.90 Å². The summed E-state index contributed by atoms with van der Waals surface area (Å²) in [7, 11) is 1.24. The van der Waals surface area contributed by atoms with Crippen molar-refractivity contribution in [3.05, 3.63) is 35.6 Å². The molecule has 2 amide bonds. The first-order valence-corrected chi connectivity index (χ1v) is 7.91. The number of fused-ring (bicyclic) bond motifs is 1. The minimum absolute atomic E-state index is 0.228. The topological polar surface area (TPSA) is 80.3 Å². The van der Waals surface area contributed by atoms with Gasteiger partial charge in [-0.3, -0.25) is 14.5 Å². The number of nitrogens with zero attached hydrogens (tertiary/aromatic N) is 1. The van der Waals surface area contributed by atoms with Gasteiger partial charge in [0.15, 0.2) is 0 Å². The van der Waals surface area contributed by atoms with E-state index < -0.39 is 41.1 Å². The maximum Gasteiger partial charge on any atom is 0.368 e. The van der Waals surface area contributed by atoms with Crippen LogP contribution < -0.4 is 5.32 Å². The number of hydrogen-bond donors (Lipinski definition) is 1. The summed E-state index contributed by atoms with van der Waals surface area (Å²) in [6, 6.07) is 5.49. The molecule has 4 atom stereocenters. The average molecular weight is 335 g/mol. The van der Waals surface area contributed by atoms with Gasteiger partial charge in [0, 0.05) is 19.0 Å². The second-order valence-electron chi connectivity index (χ2n) is 6.41. The van der Waals surface area contributed by atoms with Crippen LogP contribution >= 0.6 is 0 Å². The fourth-order valence-electron chi connectivity index (χ4n) is 4.08. The van der Waals surface area contributed by atoms with Crippen LogP contribution in [0.4, 0.5) is 4.39 Å². The SMILES string of the molecule is CCN1C(=O)[C@@H]2[C@@H](C1=O)[C@](C)(C(=O)OC)[NH2+][C@H]2c1ccccc1F. The van der Waals surface area contributed by atoms with E-state index in [-0.39, 0.29) is 12.5 Å². The van der Waals surface area contributed by atoms with E-state index in [1.807, 2.05) is 0 Å². The Morgan fingerprint density at radius 2 is 2.00 bits per heavy atom. The molecule has 2 aliphatic heterocycles. The minimum Gasteiger partial charge on any atom is -0.464 e. The van der Waals surface area contributed by atoms with Crippen LogP contribution in [-0.4, -0.2) is 41.9 Å². The van der Waals surface area contributed by atoms with Crippen molar-refractivity contribution in [1.82, 2.24) is 4.90 Å². The number of carbonyl (C=O) groups is 3. The predicted molar refractivity (Wildman–Crippen MR) is 80.9 cm³/mol. The number of rotatable bonds is 3. The highest BCUT2D eigenvalue weighted by Gasteiger charge is 2.70. The molecule has 2 aliphatic rings. The molecular formula is C17H20FN2O4+. The highest BCUT2D eigenvalue weighted by molar-refractivity contribution is 6.08. The van der Waals surface area contributed by atoms with Gasteiger partial charge in [-0.2, -0.15) is 0 Å². The van der Waals surface area contributed by atoms with E-state index in [9.17, 15) is 18.8 Å². The summed E-state index contributed by atoms with van der Waals surface area (Å²) in [6.45, 7) is 3.52. The van der Waals surface area contributed by atoms with Crippen LogP contribution in [0.25, 0.3) is 0 Å². The Morgan fingerprint density at radius 3 is 2.58 bits per heavy atom. The zero-order valence-corrected chi connectivity index (χ0v) is 13.8. The molecule has 1 aromatic rings. The number of hydrogen-bond acceptors (Lipinski definition) is 4. The number of benzene rings is 1. The third kappa shape index (κ3) is 2.07. The van der Waals surface area contributed by atoms with Gasteiger partial charge in [-0.05, 0) is 13.0 Å². The quantitative estimate of drug-likeness (QED) is 0.623. The number of esters is 1. The molecule has 2 heterocycles. The third-order valence-electron chi connectivity index (χ3n) is 5.21. The molecular weight excluding hydrogens is 315 g/mol. The Balaban J connectivity index is 2.13. The molecule has 0 bridgehead atoms. The average Bonchev–Trinajstić information content (AvgIpc) is 3.02. The van der Waals surface area contributed by atoms with Gasteiger partial charge in [0.25, 0.3) is 0 Å². The molecule has 0 aliphatic carbocycles. The summed E-state index contributed by atoms with van der Waals surface area (Å²) in [5, 5.41) is 1.61. The molecule has 1 aromatic carbocycles. The third-order valence-corrected chi connectivity index (χ3v) is 5.21. The summed E-state index contributed by atoms with van der Waals surface area (Å²) >= 11 is 0. The number of carbonyl (C=O) groups excluding carboxylic acids is 3. The fourth-order valence-corrected chi connectivity index (χ4v) is 4.08. The van der Waals surface area contributed by atoms with E-state index in [4.69, 9.17) is 4.74 Å². The highest BCUT2D eigenvalue weighted by Crippen LogP contribution is 2.44. The summed E-state index contributed by atoms with van der Waals surface area (Å²) < 4.78 is 19.2. The Kier molecular flexibility index (Phi) is 3.91. The van der Waals surface area contributed by atoms with E-state index >= 15 is 0 Å². The van der Waals surface area contributed by atoms with E-state index in [2.05, 4.69) is 0 Å². The van der Waals surface area contributed by atoms with E-state index in [1.165, 1.54) is 13.2 Å². The second-order valence-corrected chi connectivity index (χ2v) is 6.41. The zero-order valence-electron chi connectivity index (χ0n) is 13.8. The maximum absolute atomic E-state index is 14.3. The lowest BCUT2D eigenvalue weighted by Crippen LogP contribution is -2.97. The van der Waals surface area contributed by atoms with Crippen molar-refractivity contribution in [2.75, 3.05) is 13.7 Å². The lowest BCUT2D eigenvalue weighted by Gasteiger charge is -2.25. The summed E-state index contributed by atoms with van der Waals surface area (Å²) in [4.78, 5) is 39.0. The number of ether oxygens (including phenoxy) is 1. The number of imide groups is 1. The lowest BCUT2D eigenvalue weighted by atomic mass is 9.80. The van der Waals surface area contributed by atoms with Gasteiger partial charge in [0.1, 0.15) is 23.7 Å². The summed E-state index contributed by atoms with van der Waals surface area (Å²) in [6.07, 6.45) is 0. The maximum atomic E-state index is 14.3. The molecule has 0 aromatic heterocycles. The molecule has 6 nitrogen and oxygen atoms in total. The van der Waals surface area contributed by atoms with Crippen molar-refractivity contribution in [2.45, 2.75) is 25.4 Å². The van der Waals surface area contributed by atoms with Gasteiger partial charge in [0.2, 0.25) is 17.4 Å². The first-order valence-electron chi connectivity index (χ1n) is 7.91. The Hall–Kier alpha value is -2.28. The highest BCUT2D eigenvalue weighted by atomic mass is 19.1. The van der Waals surface area contributed by atoms with Gasteiger partial charge in [-0.1, -0.05) is 18.2 Å². The monoisotopic (exact) mass is 335 g/mol. The number of nitrogens with two attached hydrogens (primary N) is 1. The largest absolute Gasteiger partial charge is 0.464 e. The number of quaternary nitrogens is 1. The van der Waals surface area contributed by atoms with Gasteiger partial charge in [-0.25, -0.2) is 9.18 Å². The Labute approximate surface area is 139 Å². The van der Waals surface area contributed by atoms with Crippen molar-refractivity contribution in [1.29, 1.82) is 0 Å². The molecule has 7 heteroatoms. The van der Waals surface area contributed by atoms with Crippen molar-refractivity contribution < 1.29 is 28.8 Å². The lowest BCUT2D eigenvalue weighted by molar-refractivity contribution is -0.731. The first-order chi connectivity index (χ1) is 11.4. The van der Waals surface area contributed by atoms with Gasteiger partial charge in [0.05, 0.1) is 7.11 Å². The van der Waals surface area contributed by atoms with Gasteiger partial charge in [-0.15, -0.1) is 0 Å². The fraction of sp³-hybridized carbons (Fsp3) is 0.471. The molecule has 128 valence electrons. The number of halogens is 1.